The molecule has 110 valence electrons. The minimum absolute atomic E-state index is 0.0475. The largest absolute Gasteiger partial charge is 0.355 e. The zero-order chi connectivity index (χ0) is 14.3. The summed E-state index contributed by atoms with van der Waals surface area (Å²) < 4.78 is 0. The van der Waals surface area contributed by atoms with Crippen LogP contribution in [-0.4, -0.2) is 43.4 Å². The third-order valence-electron chi connectivity index (χ3n) is 3.79. The molecule has 5 heteroatoms. The van der Waals surface area contributed by atoms with Gasteiger partial charge in [-0.1, -0.05) is 13.3 Å². The average molecular weight is 269 g/mol. The summed E-state index contributed by atoms with van der Waals surface area (Å²) in [6.07, 6.45) is 4.89. The molecule has 0 aromatic carbocycles. The molecule has 2 amide bonds. The summed E-state index contributed by atoms with van der Waals surface area (Å²) in [5.74, 6) is 0.518. The second-order valence-corrected chi connectivity index (χ2v) is 5.51. The van der Waals surface area contributed by atoms with Crippen LogP contribution >= 0.6 is 0 Å². The van der Waals surface area contributed by atoms with E-state index >= 15 is 0 Å². The monoisotopic (exact) mass is 269 g/mol. The van der Waals surface area contributed by atoms with E-state index in [-0.39, 0.29) is 24.3 Å². The van der Waals surface area contributed by atoms with Crippen LogP contribution in [0.3, 0.4) is 0 Å². The molecule has 1 aliphatic carbocycles. The minimum Gasteiger partial charge on any atom is -0.355 e. The third kappa shape index (κ3) is 5.19. The molecule has 19 heavy (non-hydrogen) atoms. The van der Waals surface area contributed by atoms with Crippen LogP contribution in [0.2, 0.25) is 0 Å². The lowest BCUT2D eigenvalue weighted by atomic mass is 9.81. The number of nitrogens with two attached hydrogens (primary N) is 1. The summed E-state index contributed by atoms with van der Waals surface area (Å²) in [7, 11) is 1.71. The smallest absolute Gasteiger partial charge is 0.239 e. The Morgan fingerprint density at radius 3 is 2.74 bits per heavy atom. The zero-order valence-corrected chi connectivity index (χ0v) is 12.2. The van der Waals surface area contributed by atoms with Gasteiger partial charge in [0.15, 0.2) is 0 Å². The van der Waals surface area contributed by atoms with Crippen molar-refractivity contribution in [1.82, 2.24) is 10.2 Å². The Hall–Kier alpha value is -1.10. The Bertz CT molecular complexity index is 307. The highest BCUT2D eigenvalue weighted by Crippen LogP contribution is 2.29. The van der Waals surface area contributed by atoms with E-state index in [1.54, 1.807) is 11.9 Å². The maximum Gasteiger partial charge on any atom is 0.239 e. The highest BCUT2D eigenvalue weighted by Gasteiger charge is 2.29. The fourth-order valence-corrected chi connectivity index (χ4v) is 2.65. The Labute approximate surface area is 115 Å². The van der Waals surface area contributed by atoms with E-state index < -0.39 is 0 Å². The molecule has 0 spiro atoms. The van der Waals surface area contributed by atoms with Crippen molar-refractivity contribution in [1.29, 1.82) is 0 Å². The standard InChI is InChI=1S/C14H27N3O2/c1-3-7-16-13(18)10-17(2)14(19)12-6-4-5-11(8-12)9-15/h11-12H,3-10,15H2,1-2H3,(H,16,18). The van der Waals surface area contributed by atoms with Gasteiger partial charge >= 0.3 is 0 Å². The van der Waals surface area contributed by atoms with Crippen LogP contribution in [0.4, 0.5) is 0 Å². The van der Waals surface area contributed by atoms with E-state index in [1.807, 2.05) is 6.92 Å². The van der Waals surface area contributed by atoms with Gasteiger partial charge in [0.1, 0.15) is 0 Å². The lowest BCUT2D eigenvalue weighted by molar-refractivity contribution is -0.139. The summed E-state index contributed by atoms with van der Waals surface area (Å²) in [6, 6.07) is 0. The van der Waals surface area contributed by atoms with Gasteiger partial charge in [-0.3, -0.25) is 9.59 Å². The van der Waals surface area contributed by atoms with Crippen molar-refractivity contribution in [2.75, 3.05) is 26.7 Å². The van der Waals surface area contributed by atoms with Crippen molar-refractivity contribution in [3.8, 4) is 0 Å². The molecule has 2 atom stereocenters. The van der Waals surface area contributed by atoms with Crippen LogP contribution in [0.15, 0.2) is 0 Å². The Morgan fingerprint density at radius 1 is 1.37 bits per heavy atom. The number of amides is 2. The van der Waals surface area contributed by atoms with Crippen LogP contribution < -0.4 is 11.1 Å². The molecule has 3 N–H and O–H groups in total. The van der Waals surface area contributed by atoms with Gasteiger partial charge < -0.3 is 16.0 Å². The molecule has 1 fully saturated rings. The molecule has 0 aliphatic heterocycles. The molecular formula is C14H27N3O2. The van der Waals surface area contributed by atoms with Crippen molar-refractivity contribution >= 4 is 11.8 Å². The van der Waals surface area contributed by atoms with E-state index in [2.05, 4.69) is 5.32 Å². The van der Waals surface area contributed by atoms with Gasteiger partial charge in [-0.05, 0) is 38.1 Å². The summed E-state index contributed by atoms with van der Waals surface area (Å²) in [5, 5.41) is 2.79. The summed E-state index contributed by atoms with van der Waals surface area (Å²) in [6.45, 7) is 3.48. The Kier molecular flexibility index (Phi) is 6.84. The number of carbonyl (C=O) groups excluding carboxylic acids is 2. The molecular weight excluding hydrogens is 242 g/mol. The van der Waals surface area contributed by atoms with Crippen LogP contribution in [0.1, 0.15) is 39.0 Å². The zero-order valence-electron chi connectivity index (χ0n) is 12.2. The maximum absolute atomic E-state index is 12.3. The number of likely N-dealkylation sites (N-methyl/N-ethyl adjacent to an activating group) is 1. The molecule has 2 unspecified atom stereocenters. The van der Waals surface area contributed by atoms with Crippen LogP contribution in [0.5, 0.6) is 0 Å². The van der Waals surface area contributed by atoms with Gasteiger partial charge in [-0.15, -0.1) is 0 Å². The van der Waals surface area contributed by atoms with E-state index in [0.29, 0.717) is 19.0 Å². The average Bonchev–Trinajstić information content (AvgIpc) is 2.44. The lowest BCUT2D eigenvalue weighted by Crippen LogP contribution is -2.42. The summed E-state index contributed by atoms with van der Waals surface area (Å²) >= 11 is 0. The summed E-state index contributed by atoms with van der Waals surface area (Å²) in [5.41, 5.74) is 5.69. The number of nitrogens with zero attached hydrogens (tertiary/aromatic N) is 1. The molecule has 0 aromatic rings. The second-order valence-electron chi connectivity index (χ2n) is 5.51. The first kappa shape index (κ1) is 16.0. The number of carbonyl (C=O) groups is 2. The van der Waals surface area contributed by atoms with E-state index in [0.717, 1.165) is 32.1 Å². The normalized spacial score (nSPS) is 22.9. The van der Waals surface area contributed by atoms with Gasteiger partial charge in [0.2, 0.25) is 11.8 Å². The highest BCUT2D eigenvalue weighted by molar-refractivity contribution is 5.85. The molecule has 5 nitrogen and oxygen atoms in total. The molecule has 0 heterocycles. The molecule has 0 bridgehead atoms. The highest BCUT2D eigenvalue weighted by atomic mass is 16.2. The second kappa shape index (κ2) is 8.15. The minimum atomic E-state index is -0.0797. The molecule has 0 saturated heterocycles. The topological polar surface area (TPSA) is 75.4 Å². The van der Waals surface area contributed by atoms with E-state index in [1.165, 1.54) is 0 Å². The number of hydrogen-bond donors (Lipinski definition) is 2. The van der Waals surface area contributed by atoms with Gasteiger partial charge in [0, 0.05) is 19.5 Å². The number of nitrogens with one attached hydrogen (secondary N) is 1. The third-order valence-corrected chi connectivity index (χ3v) is 3.79. The number of rotatable bonds is 6. The van der Waals surface area contributed by atoms with Crippen molar-refractivity contribution in [2.24, 2.45) is 17.6 Å². The Balaban J connectivity index is 2.40. The molecule has 1 aliphatic rings. The molecule has 0 aromatic heterocycles. The fraction of sp³-hybridized carbons (Fsp3) is 0.857. The van der Waals surface area contributed by atoms with Gasteiger partial charge in [0.05, 0.1) is 6.54 Å². The van der Waals surface area contributed by atoms with Crippen molar-refractivity contribution in [3.05, 3.63) is 0 Å². The molecule has 0 radical (unpaired) electrons. The number of hydrogen-bond acceptors (Lipinski definition) is 3. The molecule has 1 rings (SSSR count). The Morgan fingerprint density at radius 2 is 2.11 bits per heavy atom. The van der Waals surface area contributed by atoms with Crippen LogP contribution in [-0.2, 0) is 9.59 Å². The first-order valence-electron chi connectivity index (χ1n) is 7.30. The molecule has 1 saturated carbocycles. The predicted molar refractivity (Wildman–Crippen MR) is 75.4 cm³/mol. The van der Waals surface area contributed by atoms with E-state index in [9.17, 15) is 9.59 Å². The van der Waals surface area contributed by atoms with Gasteiger partial charge in [-0.25, -0.2) is 0 Å². The quantitative estimate of drug-likeness (QED) is 0.746. The first-order valence-corrected chi connectivity index (χ1v) is 7.30. The lowest BCUT2D eigenvalue weighted by Gasteiger charge is -2.30. The van der Waals surface area contributed by atoms with Gasteiger partial charge in [-0.2, -0.15) is 0 Å². The fourth-order valence-electron chi connectivity index (χ4n) is 2.65. The van der Waals surface area contributed by atoms with Crippen LogP contribution in [0, 0.1) is 11.8 Å². The SMILES string of the molecule is CCCNC(=O)CN(C)C(=O)C1CCCC(CN)C1. The maximum atomic E-state index is 12.3. The first-order chi connectivity index (χ1) is 9.08. The van der Waals surface area contributed by atoms with Crippen molar-refractivity contribution in [2.45, 2.75) is 39.0 Å². The van der Waals surface area contributed by atoms with Crippen molar-refractivity contribution in [3.63, 3.8) is 0 Å². The predicted octanol–water partition coefficient (Wildman–Crippen LogP) is 0.736. The van der Waals surface area contributed by atoms with Gasteiger partial charge in [0.25, 0.3) is 0 Å². The van der Waals surface area contributed by atoms with Crippen molar-refractivity contribution < 1.29 is 9.59 Å². The van der Waals surface area contributed by atoms with Crippen LogP contribution in [0.25, 0.3) is 0 Å². The van der Waals surface area contributed by atoms with E-state index in [4.69, 9.17) is 5.73 Å². The summed E-state index contributed by atoms with van der Waals surface area (Å²) in [4.78, 5) is 25.4.